The maximum Gasteiger partial charge on any atom is 0.128 e. The van der Waals surface area contributed by atoms with Gasteiger partial charge in [-0.25, -0.2) is 0 Å². The Morgan fingerprint density at radius 1 is 1.31 bits per heavy atom. The van der Waals surface area contributed by atoms with E-state index in [9.17, 15) is 0 Å². The maximum atomic E-state index is 8.06. The zero-order chi connectivity index (χ0) is 11.4. The fraction of sp³-hybridized carbons (Fsp3) is 0.462. The highest BCUT2D eigenvalue weighted by atomic mass is 16.5. The highest BCUT2D eigenvalue weighted by Gasteiger charge is 2.22. The number of methoxy groups -OCH3 is 1. The summed E-state index contributed by atoms with van der Waals surface area (Å²) in [6.07, 6.45) is 2.15. The van der Waals surface area contributed by atoms with Crippen LogP contribution in [0, 0.1) is 5.41 Å². The number of nitrogens with one attached hydrogen (secondary N) is 1. The second-order valence-electron chi connectivity index (χ2n) is 4.13. The van der Waals surface area contributed by atoms with Gasteiger partial charge in [-0.05, 0) is 18.4 Å². The zero-order valence-electron chi connectivity index (χ0n) is 9.70. The number of rotatable bonds is 5. The van der Waals surface area contributed by atoms with Crippen LogP contribution in [-0.4, -0.2) is 31.0 Å². The fourth-order valence-electron chi connectivity index (χ4n) is 2.08. The Balaban J connectivity index is 1.89. The van der Waals surface area contributed by atoms with Crippen molar-refractivity contribution < 1.29 is 4.74 Å². The van der Waals surface area contributed by atoms with Gasteiger partial charge < -0.3 is 9.64 Å². The summed E-state index contributed by atoms with van der Waals surface area (Å²) in [5.41, 5.74) is 2.37. The largest absolute Gasteiger partial charge is 0.385 e. The van der Waals surface area contributed by atoms with Crippen molar-refractivity contribution in [2.75, 3.05) is 20.3 Å². The minimum absolute atomic E-state index is 0.674. The Morgan fingerprint density at radius 3 is 2.88 bits per heavy atom. The molecule has 1 heterocycles. The lowest BCUT2D eigenvalue weighted by Crippen LogP contribution is -2.25. The molecular weight excluding hydrogens is 200 g/mol. The molecule has 86 valence electrons. The van der Waals surface area contributed by atoms with E-state index in [1.807, 2.05) is 18.2 Å². The standard InChI is InChI=1S/C13H18N2O/c1-16-9-5-4-8-15-10-11-6-2-3-7-12(11)13(15)14/h2-3,6-7,14H,4-5,8-10H2,1H3. The Morgan fingerprint density at radius 2 is 2.12 bits per heavy atom. The molecule has 1 N–H and O–H groups in total. The molecule has 0 unspecified atom stereocenters. The first-order valence-corrected chi connectivity index (χ1v) is 5.73. The summed E-state index contributed by atoms with van der Waals surface area (Å²) >= 11 is 0. The molecule has 0 spiro atoms. The van der Waals surface area contributed by atoms with Crippen LogP contribution in [0.15, 0.2) is 24.3 Å². The number of benzene rings is 1. The first-order chi connectivity index (χ1) is 7.83. The predicted molar refractivity (Wildman–Crippen MR) is 64.8 cm³/mol. The van der Waals surface area contributed by atoms with Gasteiger partial charge in [0.2, 0.25) is 0 Å². The molecule has 3 heteroatoms. The van der Waals surface area contributed by atoms with Crippen molar-refractivity contribution in [2.24, 2.45) is 0 Å². The van der Waals surface area contributed by atoms with Crippen LogP contribution >= 0.6 is 0 Å². The molecule has 0 saturated carbocycles. The highest BCUT2D eigenvalue weighted by Crippen LogP contribution is 2.22. The SMILES string of the molecule is COCCCCN1Cc2ccccc2C1=N. The summed E-state index contributed by atoms with van der Waals surface area (Å²) in [5.74, 6) is 0.674. The molecule has 2 rings (SSSR count). The minimum atomic E-state index is 0.674. The van der Waals surface area contributed by atoms with E-state index in [0.717, 1.165) is 38.1 Å². The molecule has 16 heavy (non-hydrogen) atoms. The predicted octanol–water partition coefficient (Wildman–Crippen LogP) is 2.25. The quantitative estimate of drug-likeness (QED) is 0.769. The zero-order valence-corrected chi connectivity index (χ0v) is 9.70. The smallest absolute Gasteiger partial charge is 0.128 e. The monoisotopic (exact) mass is 218 g/mol. The van der Waals surface area contributed by atoms with Crippen LogP contribution in [0.4, 0.5) is 0 Å². The average Bonchev–Trinajstić information content (AvgIpc) is 2.63. The van der Waals surface area contributed by atoms with Crippen LogP contribution in [-0.2, 0) is 11.3 Å². The van der Waals surface area contributed by atoms with Crippen LogP contribution in [0.2, 0.25) is 0 Å². The van der Waals surface area contributed by atoms with Gasteiger partial charge in [0.15, 0.2) is 0 Å². The number of ether oxygens (including phenoxy) is 1. The van der Waals surface area contributed by atoms with Crippen LogP contribution < -0.4 is 0 Å². The maximum absolute atomic E-state index is 8.06. The molecule has 0 aliphatic carbocycles. The summed E-state index contributed by atoms with van der Waals surface area (Å²) in [6.45, 7) is 2.66. The summed E-state index contributed by atoms with van der Waals surface area (Å²) < 4.78 is 5.02. The normalized spacial score (nSPS) is 14.3. The lowest BCUT2D eigenvalue weighted by atomic mass is 10.1. The van der Waals surface area contributed by atoms with Crippen LogP contribution in [0.5, 0.6) is 0 Å². The Hall–Kier alpha value is -1.35. The molecule has 0 aromatic heterocycles. The van der Waals surface area contributed by atoms with Gasteiger partial charge in [-0.2, -0.15) is 0 Å². The number of amidine groups is 1. The van der Waals surface area contributed by atoms with Crippen molar-refractivity contribution in [3.8, 4) is 0 Å². The molecule has 1 aliphatic rings. The Labute approximate surface area is 96.5 Å². The summed E-state index contributed by atoms with van der Waals surface area (Å²) in [6, 6.07) is 8.19. The van der Waals surface area contributed by atoms with E-state index in [1.54, 1.807) is 7.11 Å². The van der Waals surface area contributed by atoms with Gasteiger partial charge in [-0.3, -0.25) is 5.41 Å². The number of hydrogen-bond acceptors (Lipinski definition) is 2. The molecule has 0 atom stereocenters. The molecule has 0 fully saturated rings. The first kappa shape index (κ1) is 11.1. The minimum Gasteiger partial charge on any atom is -0.385 e. The average molecular weight is 218 g/mol. The van der Waals surface area contributed by atoms with Gasteiger partial charge >= 0.3 is 0 Å². The van der Waals surface area contributed by atoms with Crippen LogP contribution in [0.25, 0.3) is 0 Å². The van der Waals surface area contributed by atoms with Gasteiger partial charge in [0.1, 0.15) is 5.84 Å². The van der Waals surface area contributed by atoms with Crippen molar-refractivity contribution in [2.45, 2.75) is 19.4 Å². The van der Waals surface area contributed by atoms with E-state index >= 15 is 0 Å². The van der Waals surface area contributed by atoms with E-state index in [1.165, 1.54) is 5.56 Å². The lowest BCUT2D eigenvalue weighted by Gasteiger charge is -2.17. The molecule has 1 aromatic rings. The lowest BCUT2D eigenvalue weighted by molar-refractivity contribution is 0.190. The number of unbranched alkanes of at least 4 members (excludes halogenated alkanes) is 1. The van der Waals surface area contributed by atoms with Crippen LogP contribution in [0.3, 0.4) is 0 Å². The molecule has 0 saturated heterocycles. The molecule has 1 aromatic carbocycles. The van der Waals surface area contributed by atoms with E-state index < -0.39 is 0 Å². The van der Waals surface area contributed by atoms with Gasteiger partial charge in [0.05, 0.1) is 0 Å². The van der Waals surface area contributed by atoms with Gasteiger partial charge in [0.25, 0.3) is 0 Å². The molecule has 0 amide bonds. The van der Waals surface area contributed by atoms with E-state index in [2.05, 4.69) is 11.0 Å². The van der Waals surface area contributed by atoms with E-state index in [-0.39, 0.29) is 0 Å². The number of fused-ring (bicyclic) bond motifs is 1. The first-order valence-electron chi connectivity index (χ1n) is 5.73. The molecule has 3 nitrogen and oxygen atoms in total. The molecule has 1 aliphatic heterocycles. The fourth-order valence-corrected chi connectivity index (χ4v) is 2.08. The molecule has 0 bridgehead atoms. The van der Waals surface area contributed by atoms with Gasteiger partial charge in [-0.1, -0.05) is 24.3 Å². The molecular formula is C13H18N2O. The van der Waals surface area contributed by atoms with Crippen molar-refractivity contribution in [3.63, 3.8) is 0 Å². The van der Waals surface area contributed by atoms with E-state index in [0.29, 0.717) is 5.84 Å². The highest BCUT2D eigenvalue weighted by molar-refractivity contribution is 6.00. The third-order valence-electron chi connectivity index (χ3n) is 2.98. The van der Waals surface area contributed by atoms with Gasteiger partial charge in [-0.15, -0.1) is 0 Å². The Bertz CT molecular complexity index is 376. The van der Waals surface area contributed by atoms with Gasteiger partial charge in [0, 0.05) is 32.4 Å². The van der Waals surface area contributed by atoms with Crippen LogP contribution in [0.1, 0.15) is 24.0 Å². The topological polar surface area (TPSA) is 36.3 Å². The second-order valence-corrected chi connectivity index (χ2v) is 4.13. The molecule has 0 radical (unpaired) electrons. The van der Waals surface area contributed by atoms with E-state index in [4.69, 9.17) is 10.1 Å². The summed E-state index contributed by atoms with van der Waals surface area (Å²) in [7, 11) is 1.73. The number of nitrogens with zero attached hydrogens (tertiary/aromatic N) is 1. The second kappa shape index (κ2) is 5.12. The van der Waals surface area contributed by atoms with Crippen molar-refractivity contribution in [3.05, 3.63) is 35.4 Å². The van der Waals surface area contributed by atoms with Crippen molar-refractivity contribution >= 4 is 5.84 Å². The summed E-state index contributed by atoms with van der Waals surface area (Å²) in [5, 5.41) is 8.06. The Kier molecular flexibility index (Phi) is 3.57. The summed E-state index contributed by atoms with van der Waals surface area (Å²) in [4.78, 5) is 2.14. The van der Waals surface area contributed by atoms with Crippen molar-refractivity contribution in [1.29, 1.82) is 5.41 Å². The third kappa shape index (κ3) is 2.25. The third-order valence-corrected chi connectivity index (χ3v) is 2.98. The number of hydrogen-bond donors (Lipinski definition) is 1. The van der Waals surface area contributed by atoms with Crippen molar-refractivity contribution in [1.82, 2.24) is 4.90 Å².